The molecule has 1 aliphatic rings. The first-order valence-corrected chi connectivity index (χ1v) is 11.2. The highest BCUT2D eigenvalue weighted by molar-refractivity contribution is 7.71. The standard InChI is InChI=1S/C22H32N4O2S/c1-4-25(5-2)12-13-26-21(28)17-11-10-16(14-19(17)24-22(26)29)20(27)23-18-9-7-6-8-15(18)3/h10-11,14-15,18H,4-9,12-13H2,1-3H3,(H,23,27)(H,24,29)/t15-,18+/m1/s1. The maximum absolute atomic E-state index is 12.9. The molecule has 0 unspecified atom stereocenters. The van der Waals surface area contributed by atoms with Crippen LogP contribution in [0.5, 0.6) is 0 Å². The van der Waals surface area contributed by atoms with Crippen molar-refractivity contribution in [2.24, 2.45) is 5.92 Å². The van der Waals surface area contributed by atoms with Crippen molar-refractivity contribution in [2.75, 3.05) is 19.6 Å². The molecule has 6 nitrogen and oxygen atoms in total. The number of aromatic nitrogens is 2. The quantitative estimate of drug-likeness (QED) is 0.675. The second kappa shape index (κ2) is 9.67. The van der Waals surface area contributed by atoms with Gasteiger partial charge in [-0.05, 0) is 62.3 Å². The molecule has 1 aliphatic carbocycles. The molecule has 7 heteroatoms. The molecule has 0 radical (unpaired) electrons. The molecule has 0 saturated heterocycles. The lowest BCUT2D eigenvalue weighted by molar-refractivity contribution is 0.0910. The smallest absolute Gasteiger partial charge is 0.262 e. The predicted molar refractivity (Wildman–Crippen MR) is 120 cm³/mol. The van der Waals surface area contributed by atoms with Crippen molar-refractivity contribution in [2.45, 2.75) is 59.0 Å². The number of fused-ring (bicyclic) bond motifs is 1. The fraction of sp³-hybridized carbons (Fsp3) is 0.591. The topological polar surface area (TPSA) is 70.1 Å². The summed E-state index contributed by atoms with van der Waals surface area (Å²) in [6, 6.07) is 5.43. The van der Waals surface area contributed by atoms with E-state index < -0.39 is 0 Å². The van der Waals surface area contributed by atoms with Crippen molar-refractivity contribution < 1.29 is 4.79 Å². The number of aromatic amines is 1. The van der Waals surface area contributed by atoms with E-state index in [0.717, 1.165) is 38.9 Å². The van der Waals surface area contributed by atoms with Crippen LogP contribution >= 0.6 is 12.2 Å². The van der Waals surface area contributed by atoms with E-state index >= 15 is 0 Å². The summed E-state index contributed by atoms with van der Waals surface area (Å²) in [5, 5.41) is 3.72. The number of amides is 1. The zero-order valence-electron chi connectivity index (χ0n) is 17.7. The molecule has 1 aromatic heterocycles. The Balaban J connectivity index is 1.83. The number of benzene rings is 1. The number of nitrogens with one attached hydrogen (secondary N) is 2. The van der Waals surface area contributed by atoms with Gasteiger partial charge in [0.2, 0.25) is 0 Å². The van der Waals surface area contributed by atoms with Gasteiger partial charge >= 0.3 is 0 Å². The van der Waals surface area contributed by atoms with Crippen molar-refractivity contribution in [1.29, 1.82) is 0 Å². The van der Waals surface area contributed by atoms with Crippen LogP contribution in [0, 0.1) is 10.7 Å². The van der Waals surface area contributed by atoms with Crippen molar-refractivity contribution in [3.63, 3.8) is 0 Å². The zero-order chi connectivity index (χ0) is 21.0. The molecule has 1 heterocycles. The maximum atomic E-state index is 12.9. The van der Waals surface area contributed by atoms with Crippen LogP contribution < -0.4 is 10.9 Å². The molecule has 0 spiro atoms. The molecule has 2 aromatic rings. The fourth-order valence-electron chi connectivity index (χ4n) is 4.16. The molecule has 0 bridgehead atoms. The van der Waals surface area contributed by atoms with Gasteiger partial charge < -0.3 is 15.2 Å². The predicted octanol–water partition coefficient (Wildman–Crippen LogP) is 3.71. The largest absolute Gasteiger partial charge is 0.349 e. The highest BCUT2D eigenvalue weighted by Crippen LogP contribution is 2.24. The van der Waals surface area contributed by atoms with E-state index in [-0.39, 0.29) is 17.5 Å². The van der Waals surface area contributed by atoms with Gasteiger partial charge in [0.15, 0.2) is 4.77 Å². The van der Waals surface area contributed by atoms with Crippen LogP contribution in [-0.2, 0) is 6.54 Å². The van der Waals surface area contributed by atoms with Crippen molar-refractivity contribution >= 4 is 29.0 Å². The average Bonchev–Trinajstić information content (AvgIpc) is 2.72. The number of hydrogen-bond acceptors (Lipinski definition) is 4. The number of rotatable bonds is 7. The summed E-state index contributed by atoms with van der Waals surface area (Å²) in [6.45, 7) is 9.61. The highest BCUT2D eigenvalue weighted by Gasteiger charge is 2.23. The summed E-state index contributed by atoms with van der Waals surface area (Å²) in [5.41, 5.74) is 1.06. The molecule has 1 fully saturated rings. The van der Waals surface area contributed by atoms with Gasteiger partial charge in [-0.1, -0.05) is 33.6 Å². The van der Waals surface area contributed by atoms with E-state index in [1.165, 1.54) is 6.42 Å². The Kier molecular flexibility index (Phi) is 7.24. The molecule has 3 rings (SSSR count). The van der Waals surface area contributed by atoms with E-state index in [1.54, 1.807) is 22.8 Å². The minimum absolute atomic E-state index is 0.0873. The molecule has 0 aliphatic heterocycles. The zero-order valence-corrected chi connectivity index (χ0v) is 18.5. The fourth-order valence-corrected chi connectivity index (χ4v) is 4.45. The average molecular weight is 417 g/mol. The normalized spacial score (nSPS) is 19.6. The van der Waals surface area contributed by atoms with E-state index in [9.17, 15) is 9.59 Å². The molecule has 2 atom stereocenters. The van der Waals surface area contributed by atoms with Crippen LogP contribution in [-0.4, -0.2) is 46.0 Å². The minimum atomic E-state index is -0.108. The third kappa shape index (κ3) is 4.95. The van der Waals surface area contributed by atoms with E-state index in [1.807, 2.05) is 0 Å². The molecule has 1 saturated carbocycles. The summed E-state index contributed by atoms with van der Waals surface area (Å²) >= 11 is 5.43. The van der Waals surface area contributed by atoms with Gasteiger partial charge in [0, 0.05) is 24.7 Å². The SMILES string of the molecule is CCN(CC)CCn1c(=S)[nH]c2cc(C(=O)N[C@H]3CCCC[C@H]3C)ccc2c1=O. The molecular weight excluding hydrogens is 384 g/mol. The van der Waals surface area contributed by atoms with Crippen LogP contribution in [0.2, 0.25) is 0 Å². The Hall–Kier alpha value is -1.99. The van der Waals surface area contributed by atoms with Gasteiger partial charge in [-0.3, -0.25) is 14.2 Å². The summed E-state index contributed by atoms with van der Waals surface area (Å²) in [5.74, 6) is 0.410. The number of H-pyrrole nitrogens is 1. The molecule has 1 amide bonds. The van der Waals surface area contributed by atoms with E-state index in [2.05, 4.69) is 36.0 Å². The monoisotopic (exact) mass is 416 g/mol. The van der Waals surface area contributed by atoms with Crippen LogP contribution in [0.25, 0.3) is 10.9 Å². The third-order valence-corrected chi connectivity index (χ3v) is 6.53. The molecule has 1 aromatic carbocycles. The molecule has 29 heavy (non-hydrogen) atoms. The van der Waals surface area contributed by atoms with Gasteiger partial charge in [0.05, 0.1) is 10.9 Å². The summed E-state index contributed by atoms with van der Waals surface area (Å²) in [6.07, 6.45) is 4.58. The van der Waals surface area contributed by atoms with Gasteiger partial charge in [0.1, 0.15) is 0 Å². The number of nitrogens with zero attached hydrogens (tertiary/aromatic N) is 2. The molecule has 2 N–H and O–H groups in total. The van der Waals surface area contributed by atoms with Crippen molar-refractivity contribution in [3.8, 4) is 0 Å². The first kappa shape index (κ1) is 21.7. The van der Waals surface area contributed by atoms with Crippen molar-refractivity contribution in [1.82, 2.24) is 19.8 Å². The Morgan fingerprint density at radius 2 is 2.00 bits per heavy atom. The van der Waals surface area contributed by atoms with Crippen LogP contribution in [0.1, 0.15) is 56.8 Å². The molecule has 158 valence electrons. The van der Waals surface area contributed by atoms with E-state index in [4.69, 9.17) is 12.2 Å². The Labute approximate surface area is 177 Å². The highest BCUT2D eigenvalue weighted by atomic mass is 32.1. The Bertz CT molecular complexity index is 977. The molecular formula is C22H32N4O2S. The van der Waals surface area contributed by atoms with Gasteiger partial charge in [0.25, 0.3) is 11.5 Å². The lowest BCUT2D eigenvalue weighted by atomic mass is 9.86. The van der Waals surface area contributed by atoms with Crippen LogP contribution in [0.15, 0.2) is 23.0 Å². The minimum Gasteiger partial charge on any atom is -0.349 e. The van der Waals surface area contributed by atoms with Crippen LogP contribution in [0.3, 0.4) is 0 Å². The lowest BCUT2D eigenvalue weighted by Crippen LogP contribution is -2.41. The number of hydrogen-bond donors (Lipinski definition) is 2. The number of likely N-dealkylation sites (N-methyl/N-ethyl adjacent to an activating group) is 1. The van der Waals surface area contributed by atoms with Crippen molar-refractivity contribution in [3.05, 3.63) is 38.9 Å². The van der Waals surface area contributed by atoms with Crippen LogP contribution in [0.4, 0.5) is 0 Å². The van der Waals surface area contributed by atoms with Gasteiger partial charge in [-0.2, -0.15) is 0 Å². The first-order valence-electron chi connectivity index (χ1n) is 10.7. The second-order valence-electron chi connectivity index (χ2n) is 8.02. The number of carbonyl (C=O) groups excluding carboxylic acids is 1. The Morgan fingerprint density at radius 3 is 2.69 bits per heavy atom. The third-order valence-electron chi connectivity index (χ3n) is 6.21. The summed E-state index contributed by atoms with van der Waals surface area (Å²) in [7, 11) is 0. The summed E-state index contributed by atoms with van der Waals surface area (Å²) < 4.78 is 2.01. The lowest BCUT2D eigenvalue weighted by Gasteiger charge is -2.29. The second-order valence-corrected chi connectivity index (χ2v) is 8.40. The van der Waals surface area contributed by atoms with Gasteiger partial charge in [-0.25, -0.2) is 0 Å². The van der Waals surface area contributed by atoms with E-state index in [0.29, 0.717) is 33.7 Å². The Morgan fingerprint density at radius 1 is 1.28 bits per heavy atom. The maximum Gasteiger partial charge on any atom is 0.262 e. The first-order chi connectivity index (χ1) is 13.9. The van der Waals surface area contributed by atoms with Gasteiger partial charge in [-0.15, -0.1) is 0 Å². The summed E-state index contributed by atoms with van der Waals surface area (Å²) in [4.78, 5) is 31.1. The number of carbonyl (C=O) groups is 1.